The molecule has 1 unspecified atom stereocenters. The number of carboxylic acids is 1. The Kier molecular flexibility index (Phi) is 5.84. The van der Waals surface area contributed by atoms with Gasteiger partial charge >= 0.3 is 12.1 Å². The summed E-state index contributed by atoms with van der Waals surface area (Å²) in [6, 6.07) is -0.452. The maximum absolute atomic E-state index is 11.8. The van der Waals surface area contributed by atoms with Crippen molar-refractivity contribution in [3.63, 3.8) is 0 Å². The van der Waals surface area contributed by atoms with Crippen molar-refractivity contribution in [3.8, 4) is 0 Å². The van der Waals surface area contributed by atoms with Gasteiger partial charge in [0.2, 0.25) is 0 Å². The smallest absolute Gasteiger partial charge is 0.407 e. The van der Waals surface area contributed by atoms with Gasteiger partial charge in [-0.05, 0) is 32.1 Å². The Labute approximate surface area is 115 Å². The largest absolute Gasteiger partial charge is 0.481 e. The molecule has 2 N–H and O–H groups in total. The van der Waals surface area contributed by atoms with Crippen LogP contribution in [0.2, 0.25) is 0 Å². The molecule has 0 aliphatic rings. The number of aliphatic carboxylic acids is 1. The second kappa shape index (κ2) is 6.26. The van der Waals surface area contributed by atoms with E-state index in [0.29, 0.717) is 0 Å². The Morgan fingerprint density at radius 1 is 1.16 bits per heavy atom. The quantitative estimate of drug-likeness (QED) is 0.825. The van der Waals surface area contributed by atoms with Crippen LogP contribution in [0.4, 0.5) is 4.79 Å². The van der Waals surface area contributed by atoms with Gasteiger partial charge in [0.1, 0.15) is 5.60 Å². The molecule has 5 heteroatoms. The minimum atomic E-state index is -0.933. The number of alkyl carbamates (subject to hydrolysis) is 1. The molecule has 1 amide bonds. The maximum atomic E-state index is 11.8. The van der Waals surface area contributed by atoms with Crippen LogP contribution in [0.1, 0.15) is 54.9 Å². The van der Waals surface area contributed by atoms with Crippen molar-refractivity contribution in [1.29, 1.82) is 0 Å². The summed E-state index contributed by atoms with van der Waals surface area (Å²) in [5.41, 5.74) is -0.696. The van der Waals surface area contributed by atoms with Gasteiger partial charge in [0.25, 0.3) is 0 Å². The van der Waals surface area contributed by atoms with Crippen molar-refractivity contribution in [3.05, 3.63) is 0 Å². The monoisotopic (exact) mass is 273 g/mol. The van der Waals surface area contributed by atoms with Gasteiger partial charge < -0.3 is 15.2 Å². The molecule has 0 radical (unpaired) electrons. The third-order valence-corrected chi connectivity index (χ3v) is 3.07. The standard InChI is InChI=1S/C14H27NO4/c1-9(13(2,3)4)10(8-11(16)17)15-12(18)19-14(5,6)7/h9-10H,8H2,1-7H3,(H,15,18)(H,16,17)/t9?,10-/m1/s1. The molecule has 0 aliphatic heterocycles. The minimum Gasteiger partial charge on any atom is -0.481 e. The second-order valence-corrected chi connectivity index (χ2v) is 7.01. The second-order valence-electron chi connectivity index (χ2n) is 7.01. The van der Waals surface area contributed by atoms with Crippen LogP contribution in [0.3, 0.4) is 0 Å². The number of carbonyl (C=O) groups is 2. The van der Waals surface area contributed by atoms with E-state index < -0.39 is 23.7 Å². The summed E-state index contributed by atoms with van der Waals surface area (Å²) in [5.74, 6) is -0.923. The summed E-state index contributed by atoms with van der Waals surface area (Å²) < 4.78 is 5.17. The number of hydrogen-bond donors (Lipinski definition) is 2. The zero-order valence-electron chi connectivity index (χ0n) is 13.0. The van der Waals surface area contributed by atoms with Gasteiger partial charge in [-0.1, -0.05) is 27.7 Å². The maximum Gasteiger partial charge on any atom is 0.407 e. The predicted molar refractivity (Wildman–Crippen MR) is 74.0 cm³/mol. The van der Waals surface area contributed by atoms with Crippen LogP contribution in [0.5, 0.6) is 0 Å². The van der Waals surface area contributed by atoms with Crippen molar-refractivity contribution in [2.45, 2.75) is 66.5 Å². The zero-order chi connectivity index (χ0) is 15.4. The molecule has 0 aromatic rings. The van der Waals surface area contributed by atoms with Crippen molar-refractivity contribution in [1.82, 2.24) is 5.32 Å². The topological polar surface area (TPSA) is 75.6 Å². The lowest BCUT2D eigenvalue weighted by molar-refractivity contribution is -0.138. The molecule has 2 atom stereocenters. The summed E-state index contributed by atoms with van der Waals surface area (Å²) >= 11 is 0. The zero-order valence-corrected chi connectivity index (χ0v) is 13.0. The van der Waals surface area contributed by atoms with Gasteiger partial charge in [-0.2, -0.15) is 0 Å². The van der Waals surface area contributed by atoms with Gasteiger partial charge in [0.05, 0.1) is 6.42 Å². The fourth-order valence-electron chi connectivity index (χ4n) is 1.60. The van der Waals surface area contributed by atoms with Crippen LogP contribution in [-0.4, -0.2) is 28.8 Å². The van der Waals surface area contributed by atoms with Crippen LogP contribution in [0.15, 0.2) is 0 Å². The Bertz CT molecular complexity index is 325. The first-order valence-corrected chi connectivity index (χ1v) is 6.54. The molecule has 5 nitrogen and oxygen atoms in total. The van der Waals surface area contributed by atoms with Crippen molar-refractivity contribution >= 4 is 12.1 Å². The molecular formula is C14H27NO4. The van der Waals surface area contributed by atoms with Crippen LogP contribution in [-0.2, 0) is 9.53 Å². The van der Waals surface area contributed by atoms with E-state index in [4.69, 9.17) is 9.84 Å². The molecule has 0 rings (SSSR count). The minimum absolute atomic E-state index is 0.0103. The van der Waals surface area contributed by atoms with Crippen LogP contribution in [0, 0.1) is 11.3 Å². The van der Waals surface area contributed by atoms with E-state index in [2.05, 4.69) is 5.32 Å². The third-order valence-electron chi connectivity index (χ3n) is 3.07. The first-order valence-electron chi connectivity index (χ1n) is 6.54. The highest BCUT2D eigenvalue weighted by Crippen LogP contribution is 2.29. The first kappa shape index (κ1) is 17.7. The Morgan fingerprint density at radius 2 is 1.63 bits per heavy atom. The molecule has 0 saturated heterocycles. The number of amides is 1. The predicted octanol–water partition coefficient (Wildman–Crippen LogP) is 3.04. The van der Waals surface area contributed by atoms with E-state index in [9.17, 15) is 9.59 Å². The lowest BCUT2D eigenvalue weighted by Crippen LogP contribution is -2.46. The van der Waals surface area contributed by atoms with Crippen LogP contribution >= 0.6 is 0 Å². The number of hydrogen-bond acceptors (Lipinski definition) is 3. The molecule has 0 saturated carbocycles. The van der Waals surface area contributed by atoms with Crippen LogP contribution in [0.25, 0.3) is 0 Å². The van der Waals surface area contributed by atoms with Gasteiger partial charge in [-0.25, -0.2) is 4.79 Å². The molecule has 0 bridgehead atoms. The molecule has 0 aromatic heterocycles. The summed E-state index contributed by atoms with van der Waals surface area (Å²) in [6.45, 7) is 13.3. The molecule has 19 heavy (non-hydrogen) atoms. The number of ether oxygens (including phenoxy) is 1. The van der Waals surface area contributed by atoms with Crippen molar-refractivity contribution < 1.29 is 19.4 Å². The van der Waals surface area contributed by atoms with E-state index in [-0.39, 0.29) is 17.8 Å². The lowest BCUT2D eigenvalue weighted by atomic mass is 9.76. The van der Waals surface area contributed by atoms with Crippen molar-refractivity contribution in [2.75, 3.05) is 0 Å². The number of rotatable bonds is 4. The average molecular weight is 273 g/mol. The Balaban J connectivity index is 4.79. The summed E-state index contributed by atoms with van der Waals surface area (Å²) in [6.07, 6.45) is -0.688. The van der Waals surface area contributed by atoms with E-state index in [1.807, 2.05) is 27.7 Å². The van der Waals surface area contributed by atoms with E-state index in [0.717, 1.165) is 0 Å². The van der Waals surface area contributed by atoms with Crippen LogP contribution < -0.4 is 5.32 Å². The highest BCUT2D eigenvalue weighted by atomic mass is 16.6. The number of carbonyl (C=O) groups excluding carboxylic acids is 1. The average Bonchev–Trinajstić information content (AvgIpc) is 2.09. The fourth-order valence-corrected chi connectivity index (χ4v) is 1.60. The molecule has 0 fully saturated rings. The van der Waals surface area contributed by atoms with Gasteiger partial charge in [0.15, 0.2) is 0 Å². The third kappa shape index (κ3) is 7.70. The van der Waals surface area contributed by atoms with E-state index >= 15 is 0 Å². The van der Waals surface area contributed by atoms with E-state index in [1.54, 1.807) is 20.8 Å². The molecule has 0 aromatic carbocycles. The van der Waals surface area contributed by atoms with Crippen molar-refractivity contribution in [2.24, 2.45) is 11.3 Å². The molecule has 112 valence electrons. The summed E-state index contributed by atoms with van der Waals surface area (Å²) in [7, 11) is 0. The van der Waals surface area contributed by atoms with E-state index in [1.165, 1.54) is 0 Å². The molecular weight excluding hydrogens is 246 g/mol. The highest BCUT2D eigenvalue weighted by molar-refractivity contribution is 5.71. The first-order chi connectivity index (χ1) is 8.33. The highest BCUT2D eigenvalue weighted by Gasteiger charge is 2.32. The molecule has 0 heterocycles. The SMILES string of the molecule is CC([C@@H](CC(=O)O)NC(=O)OC(C)(C)C)C(C)(C)C. The Hall–Kier alpha value is -1.26. The lowest BCUT2D eigenvalue weighted by Gasteiger charge is -2.34. The fraction of sp³-hybridized carbons (Fsp3) is 0.857. The normalized spacial score (nSPS) is 15.5. The number of nitrogens with one attached hydrogen (secondary N) is 1. The summed E-state index contributed by atoms with van der Waals surface area (Å²) in [5, 5.41) is 11.6. The van der Waals surface area contributed by atoms with Gasteiger partial charge in [0, 0.05) is 6.04 Å². The summed E-state index contributed by atoms with van der Waals surface area (Å²) in [4.78, 5) is 22.7. The van der Waals surface area contributed by atoms with Gasteiger partial charge in [-0.3, -0.25) is 4.79 Å². The Morgan fingerprint density at radius 3 is 1.95 bits per heavy atom. The number of carboxylic acid groups (broad SMARTS) is 1. The molecule has 0 spiro atoms. The molecule has 0 aliphatic carbocycles. The van der Waals surface area contributed by atoms with Gasteiger partial charge in [-0.15, -0.1) is 0 Å².